The number of nitrogens with zero attached hydrogens (tertiary/aromatic N) is 1. The largest absolute Gasteiger partial charge is 0.391 e. The summed E-state index contributed by atoms with van der Waals surface area (Å²) in [5, 5.41) is 9.79. The third-order valence-corrected chi connectivity index (χ3v) is 3.17. The van der Waals surface area contributed by atoms with E-state index in [1.807, 2.05) is 34.6 Å². The third-order valence-electron chi connectivity index (χ3n) is 3.17. The number of carbonyl (C=O) groups is 1. The van der Waals surface area contributed by atoms with Crippen molar-refractivity contribution in [3.05, 3.63) is 0 Å². The second-order valence-corrected chi connectivity index (χ2v) is 6.35. The molecule has 1 atom stereocenters. The number of hydrogen-bond donors (Lipinski definition) is 1. The highest BCUT2D eigenvalue weighted by atomic mass is 16.3. The molecule has 0 aromatic heterocycles. The van der Waals surface area contributed by atoms with E-state index in [-0.39, 0.29) is 22.7 Å². The molecule has 1 aliphatic heterocycles. The lowest BCUT2D eigenvalue weighted by Gasteiger charge is -2.23. The van der Waals surface area contributed by atoms with Gasteiger partial charge in [0.05, 0.1) is 12.6 Å². The third kappa shape index (κ3) is 3.02. The summed E-state index contributed by atoms with van der Waals surface area (Å²) in [5.41, 5.74) is -0.365. The summed E-state index contributed by atoms with van der Waals surface area (Å²) in [5.74, 6) is 0.243. The summed E-state index contributed by atoms with van der Waals surface area (Å²) in [6.07, 6.45) is -0.315. The van der Waals surface area contributed by atoms with E-state index in [4.69, 9.17) is 0 Å². The van der Waals surface area contributed by atoms with Crippen LogP contribution in [0.15, 0.2) is 0 Å². The molecule has 1 rings (SSSR count). The maximum atomic E-state index is 11.8. The van der Waals surface area contributed by atoms with E-state index in [0.717, 1.165) is 6.54 Å². The van der Waals surface area contributed by atoms with Gasteiger partial charge in [-0.1, -0.05) is 34.6 Å². The average molecular weight is 213 g/mol. The zero-order valence-electron chi connectivity index (χ0n) is 10.5. The first kappa shape index (κ1) is 12.7. The Morgan fingerprint density at radius 3 is 2.33 bits per heavy atom. The van der Waals surface area contributed by atoms with Gasteiger partial charge in [0.15, 0.2) is 5.78 Å². The van der Waals surface area contributed by atoms with Crippen molar-refractivity contribution in [1.29, 1.82) is 0 Å². The van der Waals surface area contributed by atoms with Gasteiger partial charge < -0.3 is 5.11 Å². The Morgan fingerprint density at radius 1 is 1.47 bits per heavy atom. The molecule has 1 heterocycles. The standard InChI is InChI=1S/C12H23NO2/c1-11(2,3)9(14)6-13-7-10(15)12(4,5)8-13/h10,15H,6-8H2,1-5H3. The Morgan fingerprint density at radius 2 is 2.00 bits per heavy atom. The van der Waals surface area contributed by atoms with Gasteiger partial charge in [0, 0.05) is 23.9 Å². The molecule has 0 aromatic rings. The lowest BCUT2D eigenvalue weighted by molar-refractivity contribution is -0.127. The molecule has 1 N–H and O–H groups in total. The fourth-order valence-electron chi connectivity index (χ4n) is 1.80. The van der Waals surface area contributed by atoms with Gasteiger partial charge >= 0.3 is 0 Å². The first-order valence-corrected chi connectivity index (χ1v) is 5.57. The molecule has 0 bridgehead atoms. The van der Waals surface area contributed by atoms with Crippen molar-refractivity contribution in [2.24, 2.45) is 10.8 Å². The number of hydrogen-bond acceptors (Lipinski definition) is 3. The summed E-state index contributed by atoms with van der Waals surface area (Å²) in [4.78, 5) is 13.9. The SMILES string of the molecule is CC(C)(C)C(=O)CN1CC(O)C(C)(C)C1. The number of aliphatic hydroxyl groups is 1. The molecule has 0 aliphatic carbocycles. The van der Waals surface area contributed by atoms with Gasteiger partial charge in [-0.15, -0.1) is 0 Å². The minimum absolute atomic E-state index is 0.0852. The topological polar surface area (TPSA) is 40.5 Å². The second kappa shape index (κ2) is 3.87. The van der Waals surface area contributed by atoms with E-state index in [9.17, 15) is 9.90 Å². The van der Waals surface area contributed by atoms with Gasteiger partial charge in [-0.3, -0.25) is 9.69 Å². The minimum Gasteiger partial charge on any atom is -0.391 e. The summed E-state index contributed by atoms with van der Waals surface area (Å²) in [6, 6.07) is 0. The smallest absolute Gasteiger partial charge is 0.152 e. The van der Waals surface area contributed by atoms with Crippen LogP contribution >= 0.6 is 0 Å². The van der Waals surface area contributed by atoms with E-state index in [0.29, 0.717) is 13.1 Å². The lowest BCUT2D eigenvalue weighted by Crippen LogP contribution is -2.35. The fourth-order valence-corrected chi connectivity index (χ4v) is 1.80. The molecular weight excluding hydrogens is 190 g/mol. The maximum absolute atomic E-state index is 11.8. The van der Waals surface area contributed by atoms with E-state index >= 15 is 0 Å². The van der Waals surface area contributed by atoms with Crippen LogP contribution in [0.5, 0.6) is 0 Å². The first-order valence-electron chi connectivity index (χ1n) is 5.57. The molecule has 0 radical (unpaired) electrons. The highest BCUT2D eigenvalue weighted by molar-refractivity contribution is 5.85. The quantitative estimate of drug-likeness (QED) is 0.751. The summed E-state index contributed by atoms with van der Waals surface area (Å²) < 4.78 is 0. The van der Waals surface area contributed by atoms with Crippen LogP contribution < -0.4 is 0 Å². The zero-order chi connectivity index (χ0) is 11.9. The van der Waals surface area contributed by atoms with Crippen LogP contribution in [-0.2, 0) is 4.79 Å². The van der Waals surface area contributed by atoms with Crippen LogP contribution in [0.25, 0.3) is 0 Å². The molecule has 0 aromatic carbocycles. The number of likely N-dealkylation sites (tertiary alicyclic amines) is 1. The van der Waals surface area contributed by atoms with Gasteiger partial charge in [0.25, 0.3) is 0 Å². The minimum atomic E-state index is -0.315. The van der Waals surface area contributed by atoms with E-state index in [1.165, 1.54) is 0 Å². The van der Waals surface area contributed by atoms with Crippen LogP contribution in [0.3, 0.4) is 0 Å². The van der Waals surface area contributed by atoms with Crippen LogP contribution in [0.4, 0.5) is 0 Å². The lowest BCUT2D eigenvalue weighted by atomic mass is 9.89. The number of carbonyl (C=O) groups excluding carboxylic acids is 1. The van der Waals surface area contributed by atoms with Crippen LogP contribution in [0, 0.1) is 10.8 Å². The number of β-amino-alcohol motifs (C(OH)–C–C–N with tert-alkyl or cyclic N) is 1. The molecule has 0 amide bonds. The van der Waals surface area contributed by atoms with Gasteiger partial charge in [0.1, 0.15) is 0 Å². The van der Waals surface area contributed by atoms with Crippen LogP contribution in [-0.4, -0.2) is 41.5 Å². The number of ketones is 1. The van der Waals surface area contributed by atoms with E-state index in [1.54, 1.807) is 0 Å². The Labute approximate surface area is 92.5 Å². The molecule has 1 saturated heterocycles. The van der Waals surface area contributed by atoms with Crippen LogP contribution in [0.2, 0.25) is 0 Å². The zero-order valence-corrected chi connectivity index (χ0v) is 10.5. The highest BCUT2D eigenvalue weighted by Gasteiger charge is 2.39. The molecule has 0 saturated carbocycles. The van der Waals surface area contributed by atoms with E-state index in [2.05, 4.69) is 4.90 Å². The van der Waals surface area contributed by atoms with Crippen molar-refractivity contribution in [3.8, 4) is 0 Å². The Balaban J connectivity index is 2.54. The highest BCUT2D eigenvalue weighted by Crippen LogP contribution is 2.29. The van der Waals surface area contributed by atoms with Crippen molar-refractivity contribution in [2.45, 2.75) is 40.7 Å². The van der Waals surface area contributed by atoms with Crippen molar-refractivity contribution >= 4 is 5.78 Å². The molecule has 0 spiro atoms. The average Bonchev–Trinajstić information content (AvgIpc) is 2.23. The maximum Gasteiger partial charge on any atom is 0.152 e. The Bertz CT molecular complexity index is 253. The molecule has 1 fully saturated rings. The Hall–Kier alpha value is -0.410. The van der Waals surface area contributed by atoms with Crippen LogP contribution in [0.1, 0.15) is 34.6 Å². The van der Waals surface area contributed by atoms with Gasteiger partial charge in [-0.2, -0.15) is 0 Å². The monoisotopic (exact) mass is 213 g/mol. The van der Waals surface area contributed by atoms with Crippen molar-refractivity contribution in [1.82, 2.24) is 4.90 Å². The number of Topliss-reactive ketones (excluding diaryl/α,β-unsaturated/α-hetero) is 1. The molecular formula is C12H23NO2. The first-order chi connectivity index (χ1) is 6.63. The summed E-state index contributed by atoms with van der Waals surface area (Å²) >= 11 is 0. The second-order valence-electron chi connectivity index (χ2n) is 6.35. The summed E-state index contributed by atoms with van der Waals surface area (Å²) in [6.45, 7) is 11.8. The molecule has 1 unspecified atom stereocenters. The van der Waals surface area contributed by atoms with Crippen molar-refractivity contribution < 1.29 is 9.90 Å². The van der Waals surface area contributed by atoms with E-state index < -0.39 is 0 Å². The molecule has 1 aliphatic rings. The van der Waals surface area contributed by atoms with Crippen molar-refractivity contribution in [2.75, 3.05) is 19.6 Å². The molecule has 3 heteroatoms. The Kier molecular flexibility index (Phi) is 3.27. The normalized spacial score (nSPS) is 26.9. The van der Waals surface area contributed by atoms with Gasteiger partial charge in [-0.05, 0) is 0 Å². The predicted molar refractivity (Wildman–Crippen MR) is 60.7 cm³/mol. The summed E-state index contributed by atoms with van der Waals surface area (Å²) in [7, 11) is 0. The van der Waals surface area contributed by atoms with Gasteiger partial charge in [0.2, 0.25) is 0 Å². The fraction of sp³-hybridized carbons (Fsp3) is 0.917. The van der Waals surface area contributed by atoms with Gasteiger partial charge in [-0.25, -0.2) is 0 Å². The predicted octanol–water partition coefficient (Wildman–Crippen LogP) is 1.30. The van der Waals surface area contributed by atoms with Crippen molar-refractivity contribution in [3.63, 3.8) is 0 Å². The number of rotatable bonds is 2. The molecule has 88 valence electrons. The molecule has 3 nitrogen and oxygen atoms in total. The number of aliphatic hydroxyl groups excluding tert-OH is 1. The molecule has 15 heavy (non-hydrogen) atoms.